The molecule has 0 aliphatic carbocycles. The van der Waals surface area contributed by atoms with E-state index >= 15 is 0 Å². The summed E-state index contributed by atoms with van der Waals surface area (Å²) in [5.41, 5.74) is 5.35. The van der Waals surface area contributed by atoms with Gasteiger partial charge in [-0.3, -0.25) is 0 Å². The highest BCUT2D eigenvalue weighted by Crippen LogP contribution is 2.43. The van der Waals surface area contributed by atoms with Crippen LogP contribution in [0.1, 0.15) is 114 Å². The Morgan fingerprint density at radius 3 is 1.88 bits per heavy atom. The number of hydrogen-bond acceptors (Lipinski definition) is 2. The molecule has 3 heteroatoms. The van der Waals surface area contributed by atoms with E-state index in [2.05, 4.69) is 84.6 Å². The minimum Gasteiger partial charge on any atom is -0.438 e. The first-order valence-electron chi connectivity index (χ1n) is 12.7. The van der Waals surface area contributed by atoms with Crippen molar-refractivity contribution in [3.8, 4) is 11.5 Å². The third-order valence-corrected chi connectivity index (χ3v) is 7.18. The van der Waals surface area contributed by atoms with Crippen LogP contribution in [0, 0.1) is 6.92 Å². The molecule has 0 N–H and O–H groups in total. The van der Waals surface area contributed by atoms with E-state index in [1.54, 1.807) is 0 Å². The molecule has 0 heterocycles. The molecule has 178 valence electrons. The molecule has 2 rings (SSSR count). The second-order valence-corrected chi connectivity index (χ2v) is 10.6. The number of unbranched alkanes of at least 4 members (excludes halogenated alkanes) is 2. The third-order valence-electron chi connectivity index (χ3n) is 6.27. The van der Waals surface area contributed by atoms with Gasteiger partial charge in [-0.1, -0.05) is 90.1 Å². The molecule has 0 radical (unpaired) electrons. The lowest BCUT2D eigenvalue weighted by Gasteiger charge is -2.23. The summed E-state index contributed by atoms with van der Waals surface area (Å²) < 4.78 is 12.9. The number of benzene rings is 2. The fourth-order valence-corrected chi connectivity index (χ4v) is 5.33. The molecule has 0 saturated carbocycles. The summed E-state index contributed by atoms with van der Waals surface area (Å²) in [7, 11) is -1.07. The number of aryl methyl sites for hydroxylation is 2. The Bertz CT molecular complexity index is 817. The molecule has 2 nitrogen and oxygen atoms in total. The van der Waals surface area contributed by atoms with Crippen molar-refractivity contribution in [2.24, 2.45) is 0 Å². The maximum atomic E-state index is 6.47. The normalized spacial score (nSPS) is 14.1. The molecule has 0 amide bonds. The van der Waals surface area contributed by atoms with E-state index in [4.69, 9.17) is 9.05 Å². The van der Waals surface area contributed by atoms with E-state index in [0.29, 0.717) is 11.8 Å². The van der Waals surface area contributed by atoms with Gasteiger partial charge >= 0.3 is 0 Å². The predicted octanol–water partition coefficient (Wildman–Crippen LogP) is 9.93. The van der Waals surface area contributed by atoms with E-state index in [1.807, 2.05) is 0 Å². The lowest BCUT2D eigenvalue weighted by Crippen LogP contribution is -2.03. The summed E-state index contributed by atoms with van der Waals surface area (Å²) in [6.07, 6.45) is 9.66. The van der Waals surface area contributed by atoms with Crippen LogP contribution in [0.4, 0.5) is 0 Å². The first kappa shape index (κ1) is 26.7. The Hall–Kier alpha value is -1.53. The average Bonchev–Trinajstić information content (AvgIpc) is 2.76. The van der Waals surface area contributed by atoms with Gasteiger partial charge in [-0.15, -0.1) is 0 Å². The van der Waals surface area contributed by atoms with Gasteiger partial charge in [-0.25, -0.2) is 0 Å². The average molecular weight is 457 g/mol. The molecule has 0 fully saturated rings. The number of hydrogen-bond donors (Lipinski definition) is 0. The SMILES string of the molecule is CCCCCc1ccc(OP(C)Oc2ccc(C)cc2C(C)CCC)c(C(C)CCC)c1. The molecule has 0 saturated heterocycles. The first-order chi connectivity index (χ1) is 15.4. The Labute approximate surface area is 199 Å². The van der Waals surface area contributed by atoms with Gasteiger partial charge in [0, 0.05) is 6.66 Å². The molecular formula is C29H45O2P. The first-order valence-corrected chi connectivity index (χ1v) is 14.3. The molecule has 0 aromatic heterocycles. The van der Waals surface area contributed by atoms with E-state index in [0.717, 1.165) is 17.9 Å². The van der Waals surface area contributed by atoms with Gasteiger partial charge in [0.1, 0.15) is 11.5 Å². The smallest absolute Gasteiger partial charge is 0.286 e. The Balaban J connectivity index is 2.20. The van der Waals surface area contributed by atoms with Crippen LogP contribution in [0.25, 0.3) is 0 Å². The van der Waals surface area contributed by atoms with E-state index in [1.165, 1.54) is 67.2 Å². The maximum Gasteiger partial charge on any atom is 0.286 e. The van der Waals surface area contributed by atoms with Crippen LogP contribution in [0.15, 0.2) is 36.4 Å². The molecule has 3 atom stereocenters. The molecule has 2 aromatic carbocycles. The third kappa shape index (κ3) is 8.11. The zero-order valence-electron chi connectivity index (χ0n) is 21.5. The number of rotatable bonds is 14. The summed E-state index contributed by atoms with van der Waals surface area (Å²) in [5, 5.41) is 0. The Morgan fingerprint density at radius 2 is 1.31 bits per heavy atom. The summed E-state index contributed by atoms with van der Waals surface area (Å²) in [6, 6.07) is 13.3. The summed E-state index contributed by atoms with van der Waals surface area (Å²) in [5.74, 6) is 2.95. The molecule has 0 aliphatic heterocycles. The summed E-state index contributed by atoms with van der Waals surface area (Å²) >= 11 is 0. The molecule has 0 spiro atoms. The van der Waals surface area contributed by atoms with Crippen LogP contribution in [0.5, 0.6) is 11.5 Å². The van der Waals surface area contributed by atoms with Gasteiger partial charge in [-0.05, 0) is 73.3 Å². The van der Waals surface area contributed by atoms with Crippen LogP contribution in [-0.2, 0) is 6.42 Å². The highest BCUT2D eigenvalue weighted by atomic mass is 31.2. The zero-order chi connectivity index (χ0) is 23.5. The predicted molar refractivity (Wildman–Crippen MR) is 142 cm³/mol. The van der Waals surface area contributed by atoms with Gasteiger partial charge in [0.25, 0.3) is 8.38 Å². The lowest BCUT2D eigenvalue weighted by atomic mass is 9.93. The van der Waals surface area contributed by atoms with Gasteiger partial charge in [0.15, 0.2) is 0 Å². The van der Waals surface area contributed by atoms with E-state index in [-0.39, 0.29) is 0 Å². The molecule has 0 aliphatic rings. The summed E-state index contributed by atoms with van der Waals surface area (Å²) in [4.78, 5) is 0. The van der Waals surface area contributed by atoms with Crippen molar-refractivity contribution in [2.75, 3.05) is 6.66 Å². The highest BCUT2D eigenvalue weighted by Gasteiger charge is 2.19. The van der Waals surface area contributed by atoms with Crippen molar-refractivity contribution in [1.82, 2.24) is 0 Å². The van der Waals surface area contributed by atoms with Gasteiger partial charge in [-0.2, -0.15) is 0 Å². The monoisotopic (exact) mass is 456 g/mol. The Morgan fingerprint density at radius 1 is 0.750 bits per heavy atom. The van der Waals surface area contributed by atoms with Crippen molar-refractivity contribution in [1.29, 1.82) is 0 Å². The van der Waals surface area contributed by atoms with Gasteiger partial charge in [0.2, 0.25) is 0 Å². The van der Waals surface area contributed by atoms with Crippen LogP contribution >= 0.6 is 8.38 Å². The Kier molecular flexibility index (Phi) is 11.6. The van der Waals surface area contributed by atoms with Crippen LogP contribution in [0.2, 0.25) is 0 Å². The molecule has 3 unspecified atom stereocenters. The molecular weight excluding hydrogens is 411 g/mol. The standard InChI is InChI=1S/C29H45O2P/c1-8-11-12-15-25-17-19-29(27(21-25)24(6)14-10-3)31-32(7)30-28-18-16-22(4)20-26(28)23(5)13-9-2/h16-21,23-24H,8-15H2,1-7H3. The molecule has 0 bridgehead atoms. The fraction of sp³-hybridized carbons (Fsp3) is 0.586. The summed E-state index contributed by atoms with van der Waals surface area (Å²) in [6.45, 7) is 15.6. The van der Waals surface area contributed by atoms with Gasteiger partial charge in [0.05, 0.1) is 0 Å². The highest BCUT2D eigenvalue weighted by molar-refractivity contribution is 7.47. The fourth-order valence-electron chi connectivity index (χ4n) is 4.41. The topological polar surface area (TPSA) is 18.5 Å². The van der Waals surface area contributed by atoms with Crippen LogP contribution in [0.3, 0.4) is 0 Å². The van der Waals surface area contributed by atoms with Crippen molar-refractivity contribution >= 4 is 8.38 Å². The largest absolute Gasteiger partial charge is 0.438 e. The molecule has 2 aromatic rings. The minimum atomic E-state index is -1.07. The minimum absolute atomic E-state index is 0.487. The van der Waals surface area contributed by atoms with Crippen LogP contribution < -0.4 is 9.05 Å². The quantitative estimate of drug-likeness (QED) is 0.208. The maximum absolute atomic E-state index is 6.47. The molecule has 32 heavy (non-hydrogen) atoms. The zero-order valence-corrected chi connectivity index (χ0v) is 22.4. The van der Waals surface area contributed by atoms with Crippen LogP contribution in [-0.4, -0.2) is 6.66 Å². The van der Waals surface area contributed by atoms with Crippen molar-refractivity contribution in [3.63, 3.8) is 0 Å². The lowest BCUT2D eigenvalue weighted by molar-refractivity contribution is 0.480. The van der Waals surface area contributed by atoms with Crippen molar-refractivity contribution < 1.29 is 9.05 Å². The van der Waals surface area contributed by atoms with Crippen molar-refractivity contribution in [2.45, 2.75) is 105 Å². The van der Waals surface area contributed by atoms with E-state index in [9.17, 15) is 0 Å². The van der Waals surface area contributed by atoms with Crippen molar-refractivity contribution in [3.05, 3.63) is 58.7 Å². The van der Waals surface area contributed by atoms with Gasteiger partial charge < -0.3 is 9.05 Å². The second-order valence-electron chi connectivity index (χ2n) is 9.37. The second kappa shape index (κ2) is 13.9. The van der Waals surface area contributed by atoms with E-state index < -0.39 is 8.38 Å².